The lowest BCUT2D eigenvalue weighted by atomic mass is 10.1. The van der Waals surface area contributed by atoms with Crippen molar-refractivity contribution in [2.45, 2.75) is 19.8 Å². The molecule has 0 atom stereocenters. The van der Waals surface area contributed by atoms with Crippen molar-refractivity contribution in [3.8, 4) is 0 Å². The van der Waals surface area contributed by atoms with Crippen LogP contribution in [0.2, 0.25) is 0 Å². The molecule has 1 aromatic carbocycles. The Morgan fingerprint density at radius 2 is 1.55 bits per heavy atom. The number of benzene rings is 1. The molecule has 1 N–H and O–H groups in total. The van der Waals surface area contributed by atoms with E-state index < -0.39 is 30.2 Å². The van der Waals surface area contributed by atoms with E-state index >= 15 is 0 Å². The van der Waals surface area contributed by atoms with Crippen LogP contribution in [0.1, 0.15) is 18.9 Å². The highest BCUT2D eigenvalue weighted by molar-refractivity contribution is 6.28. The largest absolute Gasteiger partial charge is 0.480 e. The van der Waals surface area contributed by atoms with Gasteiger partial charge in [-0.1, -0.05) is 19.1 Å². The van der Waals surface area contributed by atoms with Gasteiger partial charge >= 0.3 is 5.97 Å². The number of carboxylic acids is 1. The van der Waals surface area contributed by atoms with E-state index in [2.05, 4.69) is 0 Å². The van der Waals surface area contributed by atoms with E-state index in [9.17, 15) is 24.0 Å². The molecular weight excluding hydrogens is 378 g/mol. The minimum atomic E-state index is -1.13. The average Bonchev–Trinajstić information content (AvgIpc) is 2.99. The number of hydrogen-bond acceptors (Lipinski definition) is 5. The van der Waals surface area contributed by atoms with Gasteiger partial charge in [0.2, 0.25) is 11.8 Å². The monoisotopic (exact) mass is 401 g/mol. The minimum absolute atomic E-state index is 0.0380. The number of aliphatic carboxylic acids is 1. The number of rotatable bonds is 9. The van der Waals surface area contributed by atoms with E-state index in [-0.39, 0.29) is 18.9 Å². The van der Waals surface area contributed by atoms with Gasteiger partial charge in [-0.2, -0.15) is 0 Å². The van der Waals surface area contributed by atoms with E-state index in [1.807, 2.05) is 6.92 Å². The number of carbonyl (C=O) groups excluding carboxylic acids is 4. The number of hydrogen-bond donors (Lipinski definition) is 1. The molecule has 1 aliphatic rings. The van der Waals surface area contributed by atoms with E-state index in [4.69, 9.17) is 5.11 Å². The fourth-order valence-corrected chi connectivity index (χ4v) is 2.84. The molecule has 0 aromatic heterocycles. The highest BCUT2D eigenvalue weighted by atomic mass is 16.4. The smallest absolute Gasteiger partial charge is 0.323 e. The minimum Gasteiger partial charge on any atom is -0.480 e. The van der Waals surface area contributed by atoms with Crippen molar-refractivity contribution >= 4 is 35.3 Å². The Labute approximate surface area is 168 Å². The summed E-state index contributed by atoms with van der Waals surface area (Å²) in [5.74, 6) is -2.69. The molecule has 0 saturated carbocycles. The van der Waals surface area contributed by atoms with Gasteiger partial charge < -0.3 is 14.9 Å². The van der Waals surface area contributed by atoms with Crippen LogP contribution in [0.5, 0.6) is 0 Å². The number of imide groups is 1. The summed E-state index contributed by atoms with van der Waals surface area (Å²) < 4.78 is 0. The third kappa shape index (κ3) is 5.74. The zero-order chi connectivity index (χ0) is 21.6. The third-order valence-corrected chi connectivity index (χ3v) is 4.33. The Morgan fingerprint density at radius 3 is 2.07 bits per heavy atom. The van der Waals surface area contributed by atoms with Gasteiger partial charge in [0.05, 0.1) is 18.7 Å². The van der Waals surface area contributed by atoms with Gasteiger partial charge in [-0.3, -0.25) is 24.0 Å². The topological polar surface area (TPSA) is 115 Å². The summed E-state index contributed by atoms with van der Waals surface area (Å²) in [6.07, 6.45) is 3.07. The molecule has 0 radical (unpaired) electrons. The molecule has 0 aliphatic carbocycles. The molecule has 0 unspecified atom stereocenters. The van der Waals surface area contributed by atoms with E-state index in [0.29, 0.717) is 24.2 Å². The average molecular weight is 401 g/mol. The van der Waals surface area contributed by atoms with Gasteiger partial charge in [0.25, 0.3) is 11.8 Å². The van der Waals surface area contributed by atoms with Crippen LogP contribution in [0, 0.1) is 0 Å². The molecule has 9 nitrogen and oxygen atoms in total. The summed E-state index contributed by atoms with van der Waals surface area (Å²) in [7, 11) is 1.37. The summed E-state index contributed by atoms with van der Waals surface area (Å²) in [5, 5.41) is 8.78. The van der Waals surface area contributed by atoms with Gasteiger partial charge in [-0.15, -0.1) is 0 Å². The highest BCUT2D eigenvalue weighted by Crippen LogP contribution is 2.20. The number of amides is 4. The van der Waals surface area contributed by atoms with Crippen molar-refractivity contribution in [3.63, 3.8) is 0 Å². The van der Waals surface area contributed by atoms with Crippen molar-refractivity contribution < 1.29 is 29.1 Å². The van der Waals surface area contributed by atoms with Crippen molar-refractivity contribution in [2.75, 3.05) is 31.6 Å². The SMILES string of the molecule is CCCN(CC(=O)N(C)CC(=O)O)C(=O)Cc1ccc(N2C(=O)C=CC2=O)cc1. The van der Waals surface area contributed by atoms with Crippen molar-refractivity contribution in [2.24, 2.45) is 0 Å². The Kier molecular flexibility index (Phi) is 7.24. The first-order valence-electron chi connectivity index (χ1n) is 9.11. The van der Waals surface area contributed by atoms with E-state index in [0.717, 1.165) is 9.80 Å². The molecular formula is C20H23N3O6. The fraction of sp³-hybridized carbons (Fsp3) is 0.350. The zero-order valence-electron chi connectivity index (χ0n) is 16.3. The van der Waals surface area contributed by atoms with Crippen LogP contribution < -0.4 is 4.90 Å². The van der Waals surface area contributed by atoms with Gasteiger partial charge in [0, 0.05) is 25.7 Å². The number of carbonyl (C=O) groups is 5. The van der Waals surface area contributed by atoms with Crippen LogP contribution in [0.15, 0.2) is 36.4 Å². The van der Waals surface area contributed by atoms with Crippen LogP contribution in [0.3, 0.4) is 0 Å². The molecule has 1 heterocycles. The van der Waals surface area contributed by atoms with Crippen LogP contribution in [-0.4, -0.2) is 71.2 Å². The summed E-state index contributed by atoms with van der Waals surface area (Å²) in [5.41, 5.74) is 1.08. The van der Waals surface area contributed by atoms with Crippen molar-refractivity contribution in [1.29, 1.82) is 0 Å². The fourth-order valence-electron chi connectivity index (χ4n) is 2.84. The van der Waals surface area contributed by atoms with Gasteiger partial charge in [0.1, 0.15) is 6.54 Å². The van der Waals surface area contributed by atoms with Crippen LogP contribution in [-0.2, 0) is 30.4 Å². The predicted molar refractivity (Wildman–Crippen MR) is 104 cm³/mol. The summed E-state index contributed by atoms with van der Waals surface area (Å²) in [6.45, 7) is 1.61. The standard InChI is InChI=1S/C20H23N3O6/c1-3-10-22(12-19(27)21(2)13-20(28)29)18(26)11-14-4-6-15(7-5-14)23-16(24)8-9-17(23)25/h4-9H,3,10-13H2,1-2H3,(H,28,29). The second kappa shape index (κ2) is 9.63. The number of nitrogens with zero attached hydrogens (tertiary/aromatic N) is 3. The number of anilines is 1. The lowest BCUT2D eigenvalue weighted by molar-refractivity contribution is -0.145. The van der Waals surface area contributed by atoms with Gasteiger partial charge in [-0.05, 0) is 24.1 Å². The molecule has 154 valence electrons. The van der Waals surface area contributed by atoms with Gasteiger partial charge in [-0.25, -0.2) is 4.90 Å². The quantitative estimate of drug-likeness (QED) is 0.601. The summed E-state index contributed by atoms with van der Waals surface area (Å²) >= 11 is 0. The molecule has 1 aromatic rings. The van der Waals surface area contributed by atoms with Gasteiger partial charge in [0.15, 0.2) is 0 Å². The normalized spacial score (nSPS) is 13.0. The predicted octanol–water partition coefficient (Wildman–Crippen LogP) is 0.440. The second-order valence-corrected chi connectivity index (χ2v) is 6.65. The van der Waals surface area contributed by atoms with E-state index in [1.54, 1.807) is 24.3 Å². The van der Waals surface area contributed by atoms with E-state index in [1.165, 1.54) is 24.1 Å². The molecule has 0 saturated heterocycles. The molecule has 4 amide bonds. The first kappa shape index (κ1) is 21.8. The molecule has 0 spiro atoms. The Hall–Kier alpha value is -3.49. The maximum Gasteiger partial charge on any atom is 0.323 e. The Bertz CT molecular complexity index is 828. The second-order valence-electron chi connectivity index (χ2n) is 6.65. The molecule has 0 fully saturated rings. The zero-order valence-corrected chi connectivity index (χ0v) is 16.3. The molecule has 1 aliphatic heterocycles. The maximum absolute atomic E-state index is 12.6. The first-order chi connectivity index (χ1) is 13.7. The lowest BCUT2D eigenvalue weighted by Gasteiger charge is -2.24. The summed E-state index contributed by atoms with van der Waals surface area (Å²) in [6, 6.07) is 6.46. The number of likely N-dealkylation sites (N-methyl/N-ethyl adjacent to an activating group) is 1. The highest BCUT2D eigenvalue weighted by Gasteiger charge is 2.25. The number of carboxylic acid groups (broad SMARTS) is 1. The van der Waals surface area contributed by atoms with Crippen molar-refractivity contribution in [3.05, 3.63) is 42.0 Å². The Morgan fingerprint density at radius 1 is 0.966 bits per heavy atom. The Balaban J connectivity index is 2.02. The molecule has 0 bridgehead atoms. The van der Waals surface area contributed by atoms with Crippen molar-refractivity contribution in [1.82, 2.24) is 9.80 Å². The maximum atomic E-state index is 12.6. The lowest BCUT2D eigenvalue weighted by Crippen LogP contribution is -2.43. The molecule has 9 heteroatoms. The summed E-state index contributed by atoms with van der Waals surface area (Å²) in [4.78, 5) is 62.5. The first-order valence-corrected chi connectivity index (χ1v) is 9.11. The van der Waals surface area contributed by atoms with Crippen LogP contribution >= 0.6 is 0 Å². The molecule has 29 heavy (non-hydrogen) atoms. The van der Waals surface area contributed by atoms with Crippen LogP contribution in [0.4, 0.5) is 5.69 Å². The molecule has 2 rings (SSSR count). The van der Waals surface area contributed by atoms with Crippen LogP contribution in [0.25, 0.3) is 0 Å². The third-order valence-electron chi connectivity index (χ3n) is 4.33.